The monoisotopic (exact) mass is 248 g/mol. The van der Waals surface area contributed by atoms with E-state index in [1.807, 2.05) is 0 Å². The molecule has 6 heteroatoms. The van der Waals surface area contributed by atoms with Gasteiger partial charge in [0, 0.05) is 24.8 Å². The Hall–Kier alpha value is -1.69. The Bertz CT molecular complexity index is 457. The van der Waals surface area contributed by atoms with Gasteiger partial charge in [-0.3, -0.25) is 10.1 Å². The van der Waals surface area contributed by atoms with Crippen LogP contribution in [0, 0.1) is 16.0 Å². The molecular formula is C12H16N4O2. The van der Waals surface area contributed by atoms with Gasteiger partial charge in [0.05, 0.1) is 11.0 Å². The average Bonchev–Trinajstić information content (AvgIpc) is 2.40. The normalized spacial score (nSPS) is 30.1. The van der Waals surface area contributed by atoms with Gasteiger partial charge in [-0.1, -0.05) is 0 Å². The first-order valence-electron chi connectivity index (χ1n) is 6.32. The highest BCUT2D eigenvalue weighted by molar-refractivity contribution is 5.45. The van der Waals surface area contributed by atoms with Crippen molar-refractivity contribution in [1.29, 1.82) is 0 Å². The van der Waals surface area contributed by atoms with Crippen LogP contribution in [0.2, 0.25) is 0 Å². The number of rotatable bonds is 3. The molecule has 4 rings (SSSR count). The summed E-state index contributed by atoms with van der Waals surface area (Å²) in [6, 6.07) is 3.31. The minimum absolute atomic E-state index is 0.0915. The van der Waals surface area contributed by atoms with Crippen molar-refractivity contribution in [3.8, 4) is 0 Å². The number of pyridine rings is 1. The van der Waals surface area contributed by atoms with E-state index in [0.29, 0.717) is 17.8 Å². The Morgan fingerprint density at radius 3 is 2.83 bits per heavy atom. The molecule has 3 aliphatic rings. The lowest BCUT2D eigenvalue weighted by Crippen LogP contribution is -2.53. The van der Waals surface area contributed by atoms with Crippen LogP contribution in [-0.4, -0.2) is 40.5 Å². The van der Waals surface area contributed by atoms with E-state index < -0.39 is 0 Å². The summed E-state index contributed by atoms with van der Waals surface area (Å²) in [4.78, 5) is 16.9. The molecule has 0 saturated carbocycles. The van der Waals surface area contributed by atoms with Crippen molar-refractivity contribution in [3.05, 3.63) is 28.4 Å². The van der Waals surface area contributed by atoms with Crippen molar-refractivity contribution in [2.24, 2.45) is 5.92 Å². The predicted octanol–water partition coefficient (Wildman–Crippen LogP) is 1.50. The van der Waals surface area contributed by atoms with Gasteiger partial charge in [0.2, 0.25) is 0 Å². The highest BCUT2D eigenvalue weighted by atomic mass is 16.6. The second kappa shape index (κ2) is 4.53. The molecule has 3 saturated heterocycles. The number of piperidine rings is 3. The molecule has 1 aromatic rings. The van der Waals surface area contributed by atoms with Gasteiger partial charge in [0.25, 0.3) is 5.69 Å². The van der Waals surface area contributed by atoms with Crippen LogP contribution >= 0.6 is 0 Å². The lowest BCUT2D eigenvalue weighted by molar-refractivity contribution is -0.384. The van der Waals surface area contributed by atoms with Gasteiger partial charge in [-0.15, -0.1) is 0 Å². The standard InChI is InChI=1S/C12H16N4O2/c17-16(18)10-1-4-13-12(7-10)14-11-8-15-5-2-9(11)3-6-15/h1,4,7,9,11H,2-3,5-6,8H2,(H,13,14). The highest BCUT2D eigenvalue weighted by Gasteiger charge is 2.34. The first-order chi connectivity index (χ1) is 8.72. The molecule has 2 bridgehead atoms. The summed E-state index contributed by atoms with van der Waals surface area (Å²) in [5, 5.41) is 14.1. The fourth-order valence-corrected chi connectivity index (χ4v) is 2.93. The Kier molecular flexibility index (Phi) is 2.87. The van der Waals surface area contributed by atoms with E-state index in [2.05, 4.69) is 15.2 Å². The van der Waals surface area contributed by atoms with Crippen molar-refractivity contribution in [2.45, 2.75) is 18.9 Å². The van der Waals surface area contributed by atoms with Crippen LogP contribution in [0.4, 0.5) is 11.5 Å². The maximum absolute atomic E-state index is 10.7. The smallest absolute Gasteiger partial charge is 0.274 e. The number of hydrogen-bond donors (Lipinski definition) is 1. The molecule has 0 aliphatic carbocycles. The molecule has 3 fully saturated rings. The molecule has 6 nitrogen and oxygen atoms in total. The third-order valence-corrected chi connectivity index (χ3v) is 3.94. The number of hydrogen-bond acceptors (Lipinski definition) is 5. The Balaban J connectivity index is 1.72. The summed E-state index contributed by atoms with van der Waals surface area (Å²) in [6.45, 7) is 3.39. The fourth-order valence-electron chi connectivity index (χ4n) is 2.93. The molecule has 0 amide bonds. The van der Waals surface area contributed by atoms with Crippen LogP contribution in [0.25, 0.3) is 0 Å². The molecule has 4 heterocycles. The van der Waals surface area contributed by atoms with Crippen LogP contribution in [0.5, 0.6) is 0 Å². The Morgan fingerprint density at radius 2 is 2.22 bits per heavy atom. The van der Waals surface area contributed by atoms with Gasteiger partial charge >= 0.3 is 0 Å². The molecule has 1 atom stereocenters. The third kappa shape index (κ3) is 2.15. The number of aromatic nitrogens is 1. The highest BCUT2D eigenvalue weighted by Crippen LogP contribution is 2.29. The first-order valence-corrected chi connectivity index (χ1v) is 6.32. The van der Waals surface area contributed by atoms with Gasteiger partial charge < -0.3 is 10.2 Å². The summed E-state index contributed by atoms with van der Waals surface area (Å²) in [7, 11) is 0. The van der Waals surface area contributed by atoms with Gasteiger partial charge in [0.15, 0.2) is 0 Å². The summed E-state index contributed by atoms with van der Waals surface area (Å²) in [5.41, 5.74) is 0.0915. The van der Waals surface area contributed by atoms with E-state index >= 15 is 0 Å². The van der Waals surface area contributed by atoms with Crippen LogP contribution < -0.4 is 5.32 Å². The number of fused-ring (bicyclic) bond motifs is 3. The summed E-state index contributed by atoms with van der Waals surface area (Å²) >= 11 is 0. The topological polar surface area (TPSA) is 71.3 Å². The lowest BCUT2D eigenvalue weighted by Gasteiger charge is -2.45. The molecule has 1 aromatic heterocycles. The SMILES string of the molecule is O=[N+]([O-])c1ccnc(NC2CN3CCC2CC3)c1. The Morgan fingerprint density at radius 1 is 1.44 bits per heavy atom. The van der Waals surface area contributed by atoms with Crippen molar-refractivity contribution >= 4 is 11.5 Å². The summed E-state index contributed by atoms with van der Waals surface area (Å²) in [5.74, 6) is 1.29. The van der Waals surface area contributed by atoms with Crippen LogP contribution in [0.1, 0.15) is 12.8 Å². The van der Waals surface area contributed by atoms with E-state index in [0.717, 1.165) is 6.54 Å². The number of nitrogens with one attached hydrogen (secondary N) is 1. The van der Waals surface area contributed by atoms with E-state index in [4.69, 9.17) is 0 Å². The van der Waals surface area contributed by atoms with Gasteiger partial charge in [-0.05, 0) is 31.8 Å². The zero-order chi connectivity index (χ0) is 12.5. The van der Waals surface area contributed by atoms with Crippen molar-refractivity contribution in [1.82, 2.24) is 9.88 Å². The summed E-state index contributed by atoms with van der Waals surface area (Å²) in [6.07, 6.45) is 3.92. The van der Waals surface area contributed by atoms with Crippen LogP contribution in [0.3, 0.4) is 0 Å². The maximum Gasteiger partial charge on any atom is 0.274 e. The average molecular weight is 248 g/mol. The summed E-state index contributed by atoms with van der Waals surface area (Å²) < 4.78 is 0. The molecule has 3 aliphatic heterocycles. The predicted molar refractivity (Wildman–Crippen MR) is 67.5 cm³/mol. The molecule has 96 valence electrons. The first kappa shape index (κ1) is 11.4. The number of nitro groups is 1. The fraction of sp³-hybridized carbons (Fsp3) is 0.583. The largest absolute Gasteiger partial charge is 0.366 e. The second-order valence-corrected chi connectivity index (χ2v) is 5.05. The van der Waals surface area contributed by atoms with E-state index in [9.17, 15) is 10.1 Å². The van der Waals surface area contributed by atoms with E-state index in [-0.39, 0.29) is 10.6 Å². The van der Waals surface area contributed by atoms with E-state index in [1.54, 1.807) is 0 Å². The molecule has 0 radical (unpaired) electrons. The molecule has 0 spiro atoms. The maximum atomic E-state index is 10.7. The molecule has 18 heavy (non-hydrogen) atoms. The third-order valence-electron chi connectivity index (χ3n) is 3.94. The molecular weight excluding hydrogens is 232 g/mol. The lowest BCUT2D eigenvalue weighted by atomic mass is 9.84. The van der Waals surface area contributed by atoms with Crippen LogP contribution in [-0.2, 0) is 0 Å². The molecule has 0 aromatic carbocycles. The van der Waals surface area contributed by atoms with Crippen LogP contribution in [0.15, 0.2) is 18.3 Å². The number of nitrogens with zero attached hydrogens (tertiary/aromatic N) is 3. The second-order valence-electron chi connectivity index (χ2n) is 5.05. The van der Waals surface area contributed by atoms with Gasteiger partial charge in [-0.2, -0.15) is 0 Å². The van der Waals surface area contributed by atoms with Gasteiger partial charge in [-0.25, -0.2) is 4.98 Å². The van der Waals surface area contributed by atoms with Crippen molar-refractivity contribution in [3.63, 3.8) is 0 Å². The van der Waals surface area contributed by atoms with Crippen molar-refractivity contribution < 1.29 is 4.92 Å². The van der Waals surface area contributed by atoms with Crippen molar-refractivity contribution in [2.75, 3.05) is 25.0 Å². The minimum atomic E-state index is -0.386. The minimum Gasteiger partial charge on any atom is -0.366 e. The zero-order valence-corrected chi connectivity index (χ0v) is 10.1. The zero-order valence-electron chi connectivity index (χ0n) is 10.1. The molecule has 1 N–H and O–H groups in total. The number of anilines is 1. The Labute approximate surface area is 105 Å². The van der Waals surface area contributed by atoms with E-state index in [1.165, 1.54) is 44.3 Å². The van der Waals surface area contributed by atoms with Gasteiger partial charge in [0.1, 0.15) is 5.82 Å². The quantitative estimate of drug-likeness (QED) is 0.648. The molecule has 1 unspecified atom stereocenters.